The average Bonchev–Trinajstić information content (AvgIpc) is 2.29. The molecule has 3 heteroatoms. The summed E-state index contributed by atoms with van der Waals surface area (Å²) in [5.74, 6) is 7.58. The van der Waals surface area contributed by atoms with Gasteiger partial charge in [-0.1, -0.05) is 11.8 Å². The van der Waals surface area contributed by atoms with Crippen molar-refractivity contribution in [3.05, 3.63) is 24.3 Å². The van der Waals surface area contributed by atoms with Gasteiger partial charge in [0.25, 0.3) is 0 Å². The van der Waals surface area contributed by atoms with Crippen molar-refractivity contribution in [3.8, 4) is 23.3 Å². The highest BCUT2D eigenvalue weighted by Crippen LogP contribution is 2.16. The first-order valence-electron chi connectivity index (χ1n) is 5.09. The molecule has 1 aromatic rings. The summed E-state index contributed by atoms with van der Waals surface area (Å²) >= 11 is 0. The first-order valence-corrected chi connectivity index (χ1v) is 5.09. The van der Waals surface area contributed by atoms with Crippen molar-refractivity contribution in [1.82, 2.24) is 4.90 Å². The highest BCUT2D eigenvalue weighted by molar-refractivity contribution is 5.31. The maximum atomic E-state index is 5.44. The number of nitrogens with zero attached hydrogens (tertiary/aromatic N) is 1. The molecule has 0 saturated heterocycles. The van der Waals surface area contributed by atoms with E-state index >= 15 is 0 Å². The van der Waals surface area contributed by atoms with Gasteiger partial charge in [-0.15, -0.1) is 0 Å². The molecule has 1 aromatic carbocycles. The molecule has 0 bridgehead atoms. The number of hydrogen-bond donors (Lipinski definition) is 0. The largest absolute Gasteiger partial charge is 0.497 e. The number of hydrogen-bond acceptors (Lipinski definition) is 3. The fourth-order valence-corrected chi connectivity index (χ4v) is 1.06. The molecule has 0 aliphatic rings. The normalized spacial score (nSPS) is 9.50. The summed E-state index contributed by atoms with van der Waals surface area (Å²) in [4.78, 5) is 2.01. The van der Waals surface area contributed by atoms with E-state index in [1.165, 1.54) is 0 Å². The molecular weight excluding hydrogens is 202 g/mol. The molecule has 16 heavy (non-hydrogen) atoms. The molecule has 0 aliphatic carbocycles. The Balaban J connectivity index is 2.33. The Morgan fingerprint density at radius 3 is 2.25 bits per heavy atom. The van der Waals surface area contributed by atoms with Gasteiger partial charge in [0.1, 0.15) is 18.1 Å². The third-order valence-corrected chi connectivity index (χ3v) is 1.89. The van der Waals surface area contributed by atoms with Gasteiger partial charge in [0.15, 0.2) is 0 Å². The van der Waals surface area contributed by atoms with Gasteiger partial charge in [-0.2, -0.15) is 0 Å². The van der Waals surface area contributed by atoms with Crippen molar-refractivity contribution < 1.29 is 9.47 Å². The Morgan fingerprint density at radius 1 is 1.06 bits per heavy atom. The highest BCUT2D eigenvalue weighted by atomic mass is 16.5. The minimum Gasteiger partial charge on any atom is -0.497 e. The second-order valence-corrected chi connectivity index (χ2v) is 3.56. The molecule has 0 unspecified atom stereocenters. The van der Waals surface area contributed by atoms with Gasteiger partial charge in [-0.3, -0.25) is 4.90 Å². The lowest BCUT2D eigenvalue weighted by Crippen LogP contribution is -2.11. The molecule has 0 heterocycles. The molecule has 86 valence electrons. The van der Waals surface area contributed by atoms with E-state index in [1.54, 1.807) is 7.11 Å². The molecule has 0 aliphatic heterocycles. The number of methoxy groups -OCH3 is 1. The fraction of sp³-hybridized carbons (Fsp3) is 0.385. The zero-order valence-electron chi connectivity index (χ0n) is 9.99. The Labute approximate surface area is 97.0 Å². The molecule has 0 amide bonds. The number of rotatable bonds is 4. The quantitative estimate of drug-likeness (QED) is 0.719. The second-order valence-electron chi connectivity index (χ2n) is 3.56. The van der Waals surface area contributed by atoms with Crippen LogP contribution in [0.4, 0.5) is 0 Å². The second kappa shape index (κ2) is 6.76. The summed E-state index contributed by atoms with van der Waals surface area (Å²) in [5, 5.41) is 0. The summed E-state index contributed by atoms with van der Waals surface area (Å²) < 4.78 is 10.5. The van der Waals surface area contributed by atoms with Crippen molar-refractivity contribution in [2.75, 3.05) is 34.4 Å². The minimum absolute atomic E-state index is 0.417. The zero-order valence-corrected chi connectivity index (χ0v) is 9.99. The first-order chi connectivity index (χ1) is 7.72. The van der Waals surface area contributed by atoms with E-state index in [0.29, 0.717) is 6.61 Å². The van der Waals surface area contributed by atoms with Gasteiger partial charge in [0, 0.05) is 0 Å². The molecule has 0 saturated carbocycles. The topological polar surface area (TPSA) is 21.7 Å². The van der Waals surface area contributed by atoms with Crippen molar-refractivity contribution in [2.24, 2.45) is 0 Å². The van der Waals surface area contributed by atoms with Gasteiger partial charge in [0.05, 0.1) is 13.7 Å². The Bertz CT molecular complexity index is 360. The lowest BCUT2D eigenvalue weighted by molar-refractivity contribution is 0.367. The van der Waals surface area contributed by atoms with Crippen LogP contribution in [0.5, 0.6) is 11.5 Å². The molecular formula is C13H17NO2. The van der Waals surface area contributed by atoms with E-state index in [-0.39, 0.29) is 0 Å². The van der Waals surface area contributed by atoms with E-state index in [2.05, 4.69) is 11.8 Å². The first kappa shape index (κ1) is 12.4. The molecule has 0 aromatic heterocycles. The van der Waals surface area contributed by atoms with Crippen LogP contribution in [0.2, 0.25) is 0 Å². The number of ether oxygens (including phenoxy) is 2. The van der Waals surface area contributed by atoms with Crippen molar-refractivity contribution in [3.63, 3.8) is 0 Å². The van der Waals surface area contributed by atoms with E-state index in [9.17, 15) is 0 Å². The SMILES string of the molecule is COc1ccc(OCC#CCN(C)C)cc1. The van der Waals surface area contributed by atoms with Crippen LogP contribution >= 0.6 is 0 Å². The fourth-order valence-electron chi connectivity index (χ4n) is 1.06. The Morgan fingerprint density at radius 2 is 1.69 bits per heavy atom. The average molecular weight is 219 g/mol. The van der Waals surface area contributed by atoms with Gasteiger partial charge in [-0.25, -0.2) is 0 Å². The maximum absolute atomic E-state index is 5.44. The van der Waals surface area contributed by atoms with E-state index < -0.39 is 0 Å². The summed E-state index contributed by atoms with van der Waals surface area (Å²) in [5.41, 5.74) is 0. The predicted octanol–water partition coefficient (Wildman–Crippen LogP) is 1.64. The molecule has 3 nitrogen and oxygen atoms in total. The zero-order chi connectivity index (χ0) is 11.8. The third-order valence-electron chi connectivity index (χ3n) is 1.89. The van der Waals surface area contributed by atoms with Gasteiger partial charge in [0.2, 0.25) is 0 Å². The van der Waals surface area contributed by atoms with Crippen LogP contribution < -0.4 is 9.47 Å². The highest BCUT2D eigenvalue weighted by Gasteiger charge is 1.92. The van der Waals surface area contributed by atoms with Crippen molar-refractivity contribution in [1.29, 1.82) is 0 Å². The molecule has 0 atom stereocenters. The summed E-state index contributed by atoms with van der Waals surface area (Å²) in [6, 6.07) is 7.46. The van der Waals surface area contributed by atoms with Crippen LogP contribution in [0.25, 0.3) is 0 Å². The van der Waals surface area contributed by atoms with Crippen molar-refractivity contribution in [2.45, 2.75) is 0 Å². The summed E-state index contributed by atoms with van der Waals surface area (Å²) in [7, 11) is 5.61. The van der Waals surface area contributed by atoms with Crippen LogP contribution in [0.1, 0.15) is 0 Å². The van der Waals surface area contributed by atoms with Crippen LogP contribution in [0.3, 0.4) is 0 Å². The van der Waals surface area contributed by atoms with Crippen LogP contribution in [-0.4, -0.2) is 39.3 Å². The van der Waals surface area contributed by atoms with Gasteiger partial charge < -0.3 is 9.47 Å². The monoisotopic (exact) mass is 219 g/mol. The minimum atomic E-state index is 0.417. The van der Waals surface area contributed by atoms with Crippen LogP contribution in [-0.2, 0) is 0 Å². The van der Waals surface area contributed by atoms with Crippen LogP contribution in [0.15, 0.2) is 24.3 Å². The molecule has 0 N–H and O–H groups in total. The third kappa shape index (κ3) is 4.72. The summed E-state index contributed by atoms with van der Waals surface area (Å²) in [6.07, 6.45) is 0. The lowest BCUT2D eigenvalue weighted by Gasteiger charge is -2.03. The Hall–Kier alpha value is -1.66. The Kier molecular flexibility index (Phi) is 5.24. The molecule has 0 fully saturated rings. The standard InChI is InChI=1S/C13H17NO2/c1-14(2)10-4-5-11-16-13-8-6-12(15-3)7-9-13/h6-9H,10-11H2,1-3H3. The lowest BCUT2D eigenvalue weighted by atomic mass is 10.3. The molecule has 0 radical (unpaired) electrons. The van der Waals surface area contributed by atoms with Gasteiger partial charge in [-0.05, 0) is 38.4 Å². The molecule has 1 rings (SSSR count). The van der Waals surface area contributed by atoms with Gasteiger partial charge >= 0.3 is 0 Å². The smallest absolute Gasteiger partial charge is 0.149 e. The molecule has 0 spiro atoms. The van der Waals surface area contributed by atoms with Crippen LogP contribution in [0, 0.1) is 11.8 Å². The summed E-state index contributed by atoms with van der Waals surface area (Å²) in [6.45, 7) is 1.17. The number of benzene rings is 1. The van der Waals surface area contributed by atoms with E-state index in [0.717, 1.165) is 18.0 Å². The predicted molar refractivity (Wildman–Crippen MR) is 64.8 cm³/mol. The maximum Gasteiger partial charge on any atom is 0.149 e. The van der Waals surface area contributed by atoms with E-state index in [1.807, 2.05) is 43.3 Å². The van der Waals surface area contributed by atoms with E-state index in [4.69, 9.17) is 9.47 Å². The van der Waals surface area contributed by atoms with Crippen molar-refractivity contribution >= 4 is 0 Å².